The van der Waals surface area contributed by atoms with Crippen LogP contribution in [-0.4, -0.2) is 16.9 Å². The number of hydrogen-bond donors (Lipinski definition) is 1. The van der Waals surface area contributed by atoms with Gasteiger partial charge in [-0.2, -0.15) is 0 Å². The van der Waals surface area contributed by atoms with Crippen molar-refractivity contribution in [2.75, 3.05) is 0 Å². The number of carbonyl (C=O) groups is 2. The van der Waals surface area contributed by atoms with E-state index in [1.807, 2.05) is 30.3 Å². The highest BCUT2D eigenvalue weighted by atomic mass is 16.4. The number of Topliss-reactive ketones (excluding diaryl/α,β-unsaturated/α-hetero) is 1. The summed E-state index contributed by atoms with van der Waals surface area (Å²) in [6.45, 7) is 0. The molecule has 2 aromatic rings. The van der Waals surface area contributed by atoms with Gasteiger partial charge in [-0.05, 0) is 39.8 Å². The van der Waals surface area contributed by atoms with Gasteiger partial charge in [-0.15, -0.1) is 0 Å². The van der Waals surface area contributed by atoms with Crippen LogP contribution in [0.1, 0.15) is 17.5 Å². The number of aliphatic carboxylic acids is 1. The van der Waals surface area contributed by atoms with Gasteiger partial charge in [0.25, 0.3) is 0 Å². The molecule has 1 aliphatic heterocycles. The molecule has 0 radical (unpaired) electrons. The van der Waals surface area contributed by atoms with Crippen molar-refractivity contribution >= 4 is 34.2 Å². The fourth-order valence-electron chi connectivity index (χ4n) is 3.03. The quantitative estimate of drug-likeness (QED) is 0.851. The van der Waals surface area contributed by atoms with Gasteiger partial charge in [0.1, 0.15) is 5.78 Å². The van der Waals surface area contributed by atoms with Crippen molar-refractivity contribution in [1.82, 2.24) is 0 Å². The molecule has 1 heterocycles. The zero-order chi connectivity index (χ0) is 14.6. The van der Waals surface area contributed by atoms with E-state index >= 15 is 0 Å². The van der Waals surface area contributed by atoms with E-state index in [2.05, 4.69) is 4.99 Å². The third-order valence-corrected chi connectivity index (χ3v) is 4.03. The molecular formula is C17H11NO3. The number of carboxylic acid groups (broad SMARTS) is 1. The number of fused-ring (bicyclic) bond motifs is 4. The molecule has 102 valence electrons. The van der Waals surface area contributed by atoms with Crippen LogP contribution in [0.5, 0.6) is 0 Å². The molecule has 0 fully saturated rings. The van der Waals surface area contributed by atoms with Gasteiger partial charge in [0.15, 0.2) is 0 Å². The highest BCUT2D eigenvalue weighted by Crippen LogP contribution is 2.25. The average molecular weight is 277 g/mol. The molecule has 0 bridgehead atoms. The highest BCUT2D eigenvalue weighted by Gasteiger charge is 2.20. The second-order valence-electron chi connectivity index (χ2n) is 5.33. The summed E-state index contributed by atoms with van der Waals surface area (Å²) in [7, 11) is 0. The number of carboxylic acids is 1. The predicted molar refractivity (Wildman–Crippen MR) is 78.1 cm³/mol. The molecule has 1 aliphatic carbocycles. The van der Waals surface area contributed by atoms with Crippen molar-refractivity contribution in [2.45, 2.75) is 12.8 Å². The Morgan fingerprint density at radius 1 is 1.24 bits per heavy atom. The van der Waals surface area contributed by atoms with Crippen LogP contribution in [0.3, 0.4) is 0 Å². The smallest absolute Gasteiger partial charge is 0.337 e. The van der Waals surface area contributed by atoms with Crippen molar-refractivity contribution in [3.05, 3.63) is 52.2 Å². The summed E-state index contributed by atoms with van der Waals surface area (Å²) in [4.78, 5) is 27.1. The van der Waals surface area contributed by atoms with Gasteiger partial charge in [0, 0.05) is 24.6 Å². The number of ketones is 1. The van der Waals surface area contributed by atoms with Gasteiger partial charge < -0.3 is 5.11 Å². The first-order valence-corrected chi connectivity index (χ1v) is 6.73. The standard InChI is InChI=1S/C17H11NO3/c19-12-3-1-9-5-10-2-4-15-16(13(10)7-11(9)6-12)14(8-18-15)17(20)21/h1-2,4-5,7-8H,3,6H2,(H,20,21). The molecule has 0 spiro atoms. The maximum atomic E-state index is 11.6. The largest absolute Gasteiger partial charge is 0.478 e. The Bertz CT molecular complexity index is 983. The van der Waals surface area contributed by atoms with Gasteiger partial charge in [-0.25, -0.2) is 4.79 Å². The fourth-order valence-corrected chi connectivity index (χ4v) is 3.03. The van der Waals surface area contributed by atoms with E-state index in [4.69, 9.17) is 0 Å². The first-order chi connectivity index (χ1) is 10.1. The summed E-state index contributed by atoms with van der Waals surface area (Å²) >= 11 is 0. The SMILES string of the molecule is O=C1CC=c2cc3ccc4c(c3cc2C1)C(C(=O)O)=CN=4. The van der Waals surface area contributed by atoms with Gasteiger partial charge in [0.05, 0.1) is 10.9 Å². The van der Waals surface area contributed by atoms with E-state index in [-0.39, 0.29) is 11.4 Å². The Morgan fingerprint density at radius 3 is 2.90 bits per heavy atom. The number of hydrogen-bond acceptors (Lipinski definition) is 3. The molecule has 0 amide bonds. The molecule has 0 atom stereocenters. The van der Waals surface area contributed by atoms with Gasteiger partial charge in [-0.3, -0.25) is 9.79 Å². The molecule has 4 rings (SSSR count). The minimum Gasteiger partial charge on any atom is -0.478 e. The zero-order valence-corrected chi connectivity index (χ0v) is 11.1. The topological polar surface area (TPSA) is 66.7 Å². The first-order valence-electron chi connectivity index (χ1n) is 6.73. The van der Waals surface area contributed by atoms with Crippen molar-refractivity contribution in [3.63, 3.8) is 0 Å². The first kappa shape index (κ1) is 12.0. The lowest BCUT2D eigenvalue weighted by Crippen LogP contribution is -2.20. The summed E-state index contributed by atoms with van der Waals surface area (Å²) in [5, 5.41) is 12.9. The van der Waals surface area contributed by atoms with Crippen molar-refractivity contribution in [3.8, 4) is 0 Å². The third-order valence-electron chi connectivity index (χ3n) is 4.03. The normalized spacial score (nSPS) is 15.8. The zero-order valence-electron chi connectivity index (χ0n) is 11.1. The molecule has 21 heavy (non-hydrogen) atoms. The summed E-state index contributed by atoms with van der Waals surface area (Å²) in [6, 6.07) is 7.75. The van der Waals surface area contributed by atoms with Crippen LogP contribution in [0.4, 0.5) is 0 Å². The van der Waals surface area contributed by atoms with E-state index in [9.17, 15) is 14.7 Å². The lowest BCUT2D eigenvalue weighted by atomic mass is 9.92. The Balaban J connectivity index is 2.09. The minimum atomic E-state index is -0.981. The average Bonchev–Trinajstić information content (AvgIpc) is 2.89. The number of benzene rings is 2. The van der Waals surface area contributed by atoms with Crippen molar-refractivity contribution in [1.29, 1.82) is 0 Å². The van der Waals surface area contributed by atoms with E-state index in [1.165, 1.54) is 6.20 Å². The Labute approximate surface area is 119 Å². The van der Waals surface area contributed by atoms with E-state index in [1.54, 1.807) is 0 Å². The van der Waals surface area contributed by atoms with Crippen LogP contribution in [0.15, 0.2) is 35.5 Å². The predicted octanol–water partition coefficient (Wildman–Crippen LogP) is 1.19. The van der Waals surface area contributed by atoms with Crippen LogP contribution >= 0.6 is 0 Å². The molecular weight excluding hydrogens is 266 g/mol. The maximum absolute atomic E-state index is 11.6. The monoisotopic (exact) mass is 277 g/mol. The summed E-state index contributed by atoms with van der Waals surface area (Å²) in [5.74, 6) is -0.793. The minimum absolute atomic E-state index is 0.188. The lowest BCUT2D eigenvalue weighted by Gasteiger charge is -2.11. The van der Waals surface area contributed by atoms with E-state index in [0.29, 0.717) is 23.8 Å². The number of carbonyl (C=O) groups excluding carboxylic acids is 1. The second kappa shape index (κ2) is 4.12. The number of nitrogens with zero attached hydrogens (tertiary/aromatic N) is 1. The molecule has 0 aromatic heterocycles. The summed E-state index contributed by atoms with van der Waals surface area (Å²) in [5.41, 5.74) is 1.83. The Morgan fingerprint density at radius 2 is 2.10 bits per heavy atom. The van der Waals surface area contributed by atoms with Crippen LogP contribution in [0.2, 0.25) is 0 Å². The molecule has 1 N–H and O–H groups in total. The third kappa shape index (κ3) is 1.72. The van der Waals surface area contributed by atoms with Gasteiger partial charge >= 0.3 is 5.97 Å². The Kier molecular flexibility index (Phi) is 2.36. The molecule has 4 heteroatoms. The van der Waals surface area contributed by atoms with E-state index in [0.717, 1.165) is 21.6 Å². The summed E-state index contributed by atoms with van der Waals surface area (Å²) in [6.07, 6.45) is 4.21. The van der Waals surface area contributed by atoms with Crippen molar-refractivity contribution < 1.29 is 14.7 Å². The Hall–Kier alpha value is -2.75. The highest BCUT2D eigenvalue weighted by molar-refractivity contribution is 6.19. The fraction of sp³-hybridized carbons (Fsp3) is 0.118. The molecule has 2 aliphatic rings. The van der Waals surface area contributed by atoms with Crippen LogP contribution < -0.4 is 10.6 Å². The van der Waals surface area contributed by atoms with Crippen LogP contribution in [-0.2, 0) is 16.0 Å². The lowest BCUT2D eigenvalue weighted by molar-refractivity contribution is -0.130. The molecule has 4 nitrogen and oxygen atoms in total. The maximum Gasteiger partial charge on any atom is 0.337 e. The summed E-state index contributed by atoms with van der Waals surface area (Å²) < 4.78 is 0. The van der Waals surface area contributed by atoms with Crippen molar-refractivity contribution in [2.24, 2.45) is 4.99 Å². The second-order valence-corrected chi connectivity index (χ2v) is 5.33. The van der Waals surface area contributed by atoms with Crippen LogP contribution in [0, 0.1) is 0 Å². The molecule has 0 saturated carbocycles. The van der Waals surface area contributed by atoms with E-state index < -0.39 is 5.97 Å². The molecule has 2 aromatic carbocycles. The van der Waals surface area contributed by atoms with Crippen LogP contribution in [0.25, 0.3) is 22.4 Å². The van der Waals surface area contributed by atoms with Gasteiger partial charge in [-0.1, -0.05) is 12.1 Å². The molecule has 0 saturated heterocycles. The van der Waals surface area contributed by atoms with Gasteiger partial charge in [0.2, 0.25) is 0 Å². The molecule has 0 unspecified atom stereocenters. The number of rotatable bonds is 1.